The Kier molecular flexibility index (Phi) is 5.57. The van der Waals surface area contributed by atoms with Crippen LogP contribution >= 0.6 is 0 Å². The Morgan fingerprint density at radius 3 is 2.67 bits per heavy atom. The maximum absolute atomic E-state index is 4.47. The minimum Gasteiger partial charge on any atom is -0.316 e. The van der Waals surface area contributed by atoms with Crippen molar-refractivity contribution in [2.24, 2.45) is 7.05 Å². The fourth-order valence-electron chi connectivity index (χ4n) is 2.79. The van der Waals surface area contributed by atoms with Crippen LogP contribution in [0.4, 0.5) is 0 Å². The predicted octanol–water partition coefficient (Wildman–Crippen LogP) is 3.36. The predicted molar refractivity (Wildman–Crippen MR) is 88.7 cm³/mol. The second kappa shape index (κ2) is 7.41. The monoisotopic (exact) mass is 285 g/mol. The highest BCUT2D eigenvalue weighted by Gasteiger charge is 2.15. The van der Waals surface area contributed by atoms with Crippen molar-refractivity contribution in [2.45, 2.75) is 39.5 Å². The molecule has 0 aliphatic heterocycles. The zero-order valence-electron chi connectivity index (χ0n) is 13.7. The van der Waals surface area contributed by atoms with Crippen molar-refractivity contribution in [1.29, 1.82) is 0 Å². The van der Waals surface area contributed by atoms with Gasteiger partial charge in [-0.1, -0.05) is 36.8 Å². The third-order valence-corrected chi connectivity index (χ3v) is 3.89. The Balaban J connectivity index is 2.17. The van der Waals surface area contributed by atoms with Crippen molar-refractivity contribution in [3.8, 4) is 0 Å². The molecule has 1 aromatic heterocycles. The molecule has 2 rings (SSSR count). The molecule has 1 N–H and O–H groups in total. The van der Waals surface area contributed by atoms with Crippen LogP contribution < -0.4 is 5.32 Å². The van der Waals surface area contributed by atoms with Gasteiger partial charge < -0.3 is 5.32 Å². The number of aryl methyl sites for hydroxylation is 3. The van der Waals surface area contributed by atoms with Crippen LogP contribution in [0.1, 0.15) is 41.8 Å². The molecule has 0 saturated carbocycles. The Morgan fingerprint density at radius 1 is 1.24 bits per heavy atom. The molecule has 1 aromatic carbocycles. The summed E-state index contributed by atoms with van der Waals surface area (Å²) in [5, 5.41) is 8.04. The first-order chi connectivity index (χ1) is 10.1. The third-order valence-electron chi connectivity index (χ3n) is 3.89. The summed E-state index contributed by atoms with van der Waals surface area (Å²) in [6, 6.07) is 11.1. The molecule has 3 heteroatoms. The molecule has 1 unspecified atom stereocenters. The van der Waals surface area contributed by atoms with Gasteiger partial charge in [0.05, 0.1) is 5.69 Å². The van der Waals surface area contributed by atoms with Gasteiger partial charge >= 0.3 is 0 Å². The number of aromatic nitrogens is 2. The van der Waals surface area contributed by atoms with Gasteiger partial charge in [0.25, 0.3) is 0 Å². The molecule has 0 fully saturated rings. The van der Waals surface area contributed by atoms with E-state index in [2.05, 4.69) is 61.5 Å². The van der Waals surface area contributed by atoms with Crippen LogP contribution in [-0.4, -0.2) is 22.9 Å². The summed E-state index contributed by atoms with van der Waals surface area (Å²) < 4.78 is 2.01. The van der Waals surface area contributed by atoms with Gasteiger partial charge in [-0.3, -0.25) is 4.68 Å². The topological polar surface area (TPSA) is 29.9 Å². The first-order valence-corrected chi connectivity index (χ1v) is 7.87. The van der Waals surface area contributed by atoms with Crippen molar-refractivity contribution in [3.05, 3.63) is 52.8 Å². The van der Waals surface area contributed by atoms with Crippen LogP contribution in [0.25, 0.3) is 0 Å². The van der Waals surface area contributed by atoms with E-state index in [0.717, 1.165) is 25.2 Å². The molecule has 3 nitrogen and oxygen atoms in total. The summed E-state index contributed by atoms with van der Waals surface area (Å²) in [4.78, 5) is 0. The fourth-order valence-corrected chi connectivity index (χ4v) is 2.79. The van der Waals surface area contributed by atoms with E-state index < -0.39 is 0 Å². The SMILES string of the molecule is CCCNCC(Cc1cc(C)nn1C)c1cccc(C)c1. The molecule has 0 spiro atoms. The fraction of sp³-hybridized carbons (Fsp3) is 0.500. The maximum atomic E-state index is 4.47. The smallest absolute Gasteiger partial charge is 0.0596 e. The van der Waals surface area contributed by atoms with Crippen LogP contribution in [-0.2, 0) is 13.5 Å². The lowest BCUT2D eigenvalue weighted by Gasteiger charge is -2.19. The van der Waals surface area contributed by atoms with Gasteiger partial charge in [0, 0.05) is 25.2 Å². The summed E-state index contributed by atoms with van der Waals surface area (Å²) in [5.41, 5.74) is 5.14. The third kappa shape index (κ3) is 4.43. The van der Waals surface area contributed by atoms with Gasteiger partial charge in [-0.15, -0.1) is 0 Å². The van der Waals surface area contributed by atoms with Gasteiger partial charge in [-0.25, -0.2) is 0 Å². The first kappa shape index (κ1) is 15.8. The van der Waals surface area contributed by atoms with E-state index >= 15 is 0 Å². The van der Waals surface area contributed by atoms with Gasteiger partial charge in [0.2, 0.25) is 0 Å². The average Bonchev–Trinajstić information content (AvgIpc) is 2.76. The molecule has 0 radical (unpaired) electrons. The van der Waals surface area contributed by atoms with Crippen molar-refractivity contribution in [1.82, 2.24) is 15.1 Å². The van der Waals surface area contributed by atoms with E-state index in [1.54, 1.807) is 0 Å². The van der Waals surface area contributed by atoms with Crippen molar-refractivity contribution in [3.63, 3.8) is 0 Å². The molecule has 2 aromatic rings. The molecule has 0 aliphatic rings. The van der Waals surface area contributed by atoms with E-state index in [1.807, 2.05) is 11.7 Å². The highest BCUT2D eigenvalue weighted by Crippen LogP contribution is 2.21. The van der Waals surface area contributed by atoms with Gasteiger partial charge in [0.15, 0.2) is 0 Å². The average molecular weight is 285 g/mol. The maximum Gasteiger partial charge on any atom is 0.0596 e. The summed E-state index contributed by atoms with van der Waals surface area (Å²) in [5.74, 6) is 0.492. The first-order valence-electron chi connectivity index (χ1n) is 7.87. The zero-order chi connectivity index (χ0) is 15.2. The molecular weight excluding hydrogens is 258 g/mol. The summed E-state index contributed by atoms with van der Waals surface area (Å²) in [6.07, 6.45) is 2.20. The number of benzene rings is 1. The molecule has 0 aliphatic carbocycles. The van der Waals surface area contributed by atoms with Gasteiger partial charge in [0.1, 0.15) is 0 Å². The van der Waals surface area contributed by atoms with E-state index in [9.17, 15) is 0 Å². The van der Waals surface area contributed by atoms with E-state index in [1.165, 1.54) is 23.2 Å². The minimum absolute atomic E-state index is 0.492. The lowest BCUT2D eigenvalue weighted by molar-refractivity contribution is 0.557. The second-order valence-electron chi connectivity index (χ2n) is 5.92. The molecule has 21 heavy (non-hydrogen) atoms. The van der Waals surface area contributed by atoms with Gasteiger partial charge in [-0.2, -0.15) is 5.10 Å². The van der Waals surface area contributed by atoms with Crippen LogP contribution in [0.5, 0.6) is 0 Å². The molecule has 1 atom stereocenters. The molecule has 0 bridgehead atoms. The van der Waals surface area contributed by atoms with Crippen molar-refractivity contribution in [2.75, 3.05) is 13.1 Å². The van der Waals surface area contributed by atoms with Crippen LogP contribution in [0.15, 0.2) is 30.3 Å². The highest BCUT2D eigenvalue weighted by molar-refractivity contribution is 5.27. The summed E-state index contributed by atoms with van der Waals surface area (Å²) in [6.45, 7) is 8.52. The Morgan fingerprint density at radius 2 is 2.05 bits per heavy atom. The van der Waals surface area contributed by atoms with Crippen LogP contribution in [0.3, 0.4) is 0 Å². The van der Waals surface area contributed by atoms with Gasteiger partial charge in [-0.05, 0) is 44.9 Å². The molecule has 114 valence electrons. The summed E-state index contributed by atoms with van der Waals surface area (Å²) in [7, 11) is 2.04. The number of nitrogens with one attached hydrogen (secondary N) is 1. The van der Waals surface area contributed by atoms with Crippen LogP contribution in [0, 0.1) is 13.8 Å². The normalized spacial score (nSPS) is 12.6. The Bertz CT molecular complexity index is 572. The van der Waals surface area contributed by atoms with Crippen molar-refractivity contribution < 1.29 is 0 Å². The molecule has 0 saturated heterocycles. The number of hydrogen-bond acceptors (Lipinski definition) is 2. The van der Waals surface area contributed by atoms with E-state index in [0.29, 0.717) is 5.92 Å². The molecular formula is C18H27N3. The highest BCUT2D eigenvalue weighted by atomic mass is 15.3. The molecule has 1 heterocycles. The number of nitrogens with zero attached hydrogens (tertiary/aromatic N) is 2. The molecule has 0 amide bonds. The Labute approximate surface area is 128 Å². The van der Waals surface area contributed by atoms with E-state index in [4.69, 9.17) is 0 Å². The van der Waals surface area contributed by atoms with Crippen molar-refractivity contribution >= 4 is 0 Å². The lowest BCUT2D eigenvalue weighted by atomic mass is 9.92. The standard InChI is InChI=1S/C18H27N3/c1-5-9-19-13-17(16-8-6-7-14(2)10-16)12-18-11-15(3)20-21(18)4/h6-8,10-11,17,19H,5,9,12-13H2,1-4H3. The zero-order valence-corrected chi connectivity index (χ0v) is 13.7. The number of hydrogen-bond donors (Lipinski definition) is 1. The number of rotatable bonds is 7. The Hall–Kier alpha value is -1.61. The lowest BCUT2D eigenvalue weighted by Crippen LogP contribution is -2.24. The largest absolute Gasteiger partial charge is 0.316 e. The van der Waals surface area contributed by atoms with Crippen LogP contribution in [0.2, 0.25) is 0 Å². The summed E-state index contributed by atoms with van der Waals surface area (Å²) >= 11 is 0. The van der Waals surface area contributed by atoms with E-state index in [-0.39, 0.29) is 0 Å². The second-order valence-corrected chi connectivity index (χ2v) is 5.92. The quantitative estimate of drug-likeness (QED) is 0.791. The minimum atomic E-state index is 0.492.